The molecule has 4 nitrogen and oxygen atoms in total. The molecule has 1 aromatic carbocycles. The molecule has 1 amide bonds. The third kappa shape index (κ3) is 1.76. The van der Waals surface area contributed by atoms with Crippen LogP contribution < -0.4 is 10.6 Å². The molecular formula is C16H15F2N3O. The van der Waals surface area contributed by atoms with Gasteiger partial charge >= 0.3 is 0 Å². The highest BCUT2D eigenvalue weighted by Gasteiger charge is 2.67. The van der Waals surface area contributed by atoms with Gasteiger partial charge in [-0.05, 0) is 50.6 Å². The highest BCUT2D eigenvalue weighted by molar-refractivity contribution is 5.95. The topological polar surface area (TPSA) is 54.0 Å². The molecule has 3 fully saturated rings. The molecule has 3 saturated carbocycles. The molecular weight excluding hydrogens is 288 g/mol. The van der Waals surface area contributed by atoms with Gasteiger partial charge in [0.05, 0.1) is 5.52 Å². The number of halogens is 2. The summed E-state index contributed by atoms with van der Waals surface area (Å²) in [5.74, 6) is -2.12. The van der Waals surface area contributed by atoms with Crippen molar-refractivity contribution in [2.45, 2.75) is 30.3 Å². The highest BCUT2D eigenvalue weighted by atomic mass is 19.2. The number of hydrogen-bond donors (Lipinski definition) is 2. The minimum Gasteiger partial charge on any atom is -0.345 e. The van der Waals surface area contributed by atoms with Crippen molar-refractivity contribution in [1.82, 2.24) is 15.6 Å². The first-order valence-corrected chi connectivity index (χ1v) is 7.22. The molecule has 1 aromatic heterocycles. The second-order valence-corrected chi connectivity index (χ2v) is 6.42. The average molecular weight is 303 g/mol. The van der Waals surface area contributed by atoms with Crippen LogP contribution in [0.25, 0.3) is 10.9 Å². The molecule has 0 spiro atoms. The van der Waals surface area contributed by atoms with Gasteiger partial charge in [-0.25, -0.2) is 13.8 Å². The van der Waals surface area contributed by atoms with Crippen LogP contribution in [-0.2, 0) is 0 Å². The first kappa shape index (κ1) is 13.6. The van der Waals surface area contributed by atoms with Gasteiger partial charge < -0.3 is 10.6 Å². The fraction of sp³-hybridized carbons (Fsp3) is 0.375. The van der Waals surface area contributed by atoms with Crippen LogP contribution in [0.3, 0.4) is 0 Å². The van der Waals surface area contributed by atoms with Crippen LogP contribution >= 0.6 is 0 Å². The first-order chi connectivity index (χ1) is 10.5. The molecule has 0 atom stereocenters. The SMILES string of the molecule is CNC12CC(NC(=O)c3ccc4c(F)c(F)ccc4n3)(C1)C2. The molecule has 5 rings (SSSR count). The predicted octanol–water partition coefficient (Wildman–Crippen LogP) is 2.14. The van der Waals surface area contributed by atoms with Crippen LogP contribution in [0.15, 0.2) is 24.3 Å². The van der Waals surface area contributed by atoms with Gasteiger partial charge in [0.2, 0.25) is 0 Å². The molecule has 114 valence electrons. The second-order valence-electron chi connectivity index (χ2n) is 6.42. The van der Waals surface area contributed by atoms with Crippen molar-refractivity contribution >= 4 is 16.8 Å². The zero-order valence-electron chi connectivity index (χ0n) is 12.0. The number of nitrogens with one attached hydrogen (secondary N) is 2. The molecule has 1 heterocycles. The molecule has 2 aromatic rings. The summed E-state index contributed by atoms with van der Waals surface area (Å²) < 4.78 is 26.8. The molecule has 0 saturated heterocycles. The Morgan fingerprint density at radius 2 is 1.86 bits per heavy atom. The Kier molecular flexibility index (Phi) is 2.61. The van der Waals surface area contributed by atoms with E-state index in [0.29, 0.717) is 0 Å². The van der Waals surface area contributed by atoms with Crippen LogP contribution in [0.4, 0.5) is 8.78 Å². The Balaban J connectivity index is 1.57. The van der Waals surface area contributed by atoms with E-state index >= 15 is 0 Å². The van der Waals surface area contributed by atoms with Gasteiger partial charge in [0.15, 0.2) is 11.6 Å². The number of benzene rings is 1. The van der Waals surface area contributed by atoms with Crippen LogP contribution in [0.5, 0.6) is 0 Å². The number of pyridine rings is 1. The first-order valence-electron chi connectivity index (χ1n) is 7.22. The van der Waals surface area contributed by atoms with Gasteiger partial charge in [-0.15, -0.1) is 0 Å². The number of carbonyl (C=O) groups excluding carboxylic acids is 1. The normalized spacial score (nSPS) is 28.9. The summed E-state index contributed by atoms with van der Waals surface area (Å²) in [6.45, 7) is 0. The van der Waals surface area contributed by atoms with Crippen molar-refractivity contribution < 1.29 is 13.6 Å². The zero-order chi connectivity index (χ0) is 15.5. The van der Waals surface area contributed by atoms with Crippen molar-refractivity contribution in [3.8, 4) is 0 Å². The van der Waals surface area contributed by atoms with Crippen LogP contribution in [-0.4, -0.2) is 29.0 Å². The minimum atomic E-state index is -0.938. The van der Waals surface area contributed by atoms with Crippen molar-refractivity contribution in [3.63, 3.8) is 0 Å². The molecule has 0 aliphatic heterocycles. The summed E-state index contributed by atoms with van der Waals surface area (Å²) in [4.78, 5) is 16.4. The van der Waals surface area contributed by atoms with Gasteiger partial charge in [0.25, 0.3) is 5.91 Å². The summed E-state index contributed by atoms with van der Waals surface area (Å²) in [6, 6.07) is 5.22. The Morgan fingerprint density at radius 1 is 1.14 bits per heavy atom. The smallest absolute Gasteiger partial charge is 0.270 e. The van der Waals surface area contributed by atoms with E-state index in [-0.39, 0.29) is 33.6 Å². The largest absolute Gasteiger partial charge is 0.345 e. The molecule has 2 N–H and O–H groups in total. The lowest BCUT2D eigenvalue weighted by molar-refractivity contribution is -0.0930. The summed E-state index contributed by atoms with van der Waals surface area (Å²) in [7, 11) is 1.93. The van der Waals surface area contributed by atoms with Crippen molar-refractivity contribution in [3.05, 3.63) is 41.6 Å². The molecule has 2 bridgehead atoms. The van der Waals surface area contributed by atoms with Crippen molar-refractivity contribution in [2.75, 3.05) is 7.05 Å². The maximum atomic E-state index is 13.6. The monoisotopic (exact) mass is 303 g/mol. The lowest BCUT2D eigenvalue weighted by atomic mass is 9.44. The van der Waals surface area contributed by atoms with E-state index in [9.17, 15) is 13.6 Å². The summed E-state index contributed by atoms with van der Waals surface area (Å²) in [6.07, 6.45) is 2.78. The summed E-state index contributed by atoms with van der Waals surface area (Å²) >= 11 is 0. The van der Waals surface area contributed by atoms with Gasteiger partial charge in [-0.2, -0.15) is 0 Å². The number of carbonyl (C=O) groups is 1. The molecule has 6 heteroatoms. The van der Waals surface area contributed by atoms with Crippen molar-refractivity contribution in [1.29, 1.82) is 0 Å². The molecule has 0 radical (unpaired) electrons. The molecule has 3 aliphatic rings. The molecule has 0 unspecified atom stereocenters. The number of aromatic nitrogens is 1. The van der Waals surface area contributed by atoms with E-state index in [1.54, 1.807) is 0 Å². The lowest BCUT2D eigenvalue weighted by Crippen LogP contribution is -2.82. The van der Waals surface area contributed by atoms with Crippen LogP contribution in [0, 0.1) is 11.6 Å². The Labute approximate surface area is 125 Å². The van der Waals surface area contributed by atoms with Crippen LogP contribution in [0.1, 0.15) is 29.8 Å². The predicted molar refractivity (Wildman–Crippen MR) is 77.5 cm³/mol. The van der Waals surface area contributed by atoms with Gasteiger partial charge in [0.1, 0.15) is 5.69 Å². The second kappa shape index (κ2) is 4.23. The number of hydrogen-bond acceptors (Lipinski definition) is 3. The number of rotatable bonds is 3. The standard InChI is InChI=1S/C16H15F2N3O/c1-19-15-6-16(7-15,8-15)21-14(22)12-4-2-9-11(20-12)5-3-10(17)13(9)18/h2-5,19H,6-8H2,1H3,(H,21,22). The Bertz CT molecular complexity index is 786. The van der Waals surface area contributed by atoms with E-state index in [1.165, 1.54) is 18.2 Å². The van der Waals surface area contributed by atoms with E-state index in [2.05, 4.69) is 15.6 Å². The number of nitrogens with zero attached hydrogens (tertiary/aromatic N) is 1. The van der Waals surface area contributed by atoms with Gasteiger partial charge in [-0.1, -0.05) is 0 Å². The number of amides is 1. The number of fused-ring (bicyclic) bond motifs is 1. The molecule has 3 aliphatic carbocycles. The fourth-order valence-corrected chi connectivity index (χ4v) is 3.76. The summed E-state index contributed by atoms with van der Waals surface area (Å²) in [5.41, 5.74) is 0.577. The maximum Gasteiger partial charge on any atom is 0.270 e. The lowest BCUT2D eigenvalue weighted by Gasteiger charge is -2.70. The fourth-order valence-electron chi connectivity index (χ4n) is 3.76. The average Bonchev–Trinajstić information content (AvgIpc) is 2.44. The van der Waals surface area contributed by atoms with E-state index < -0.39 is 11.6 Å². The Morgan fingerprint density at radius 3 is 2.55 bits per heavy atom. The Hall–Kier alpha value is -2.08. The van der Waals surface area contributed by atoms with E-state index in [4.69, 9.17) is 0 Å². The zero-order valence-corrected chi connectivity index (χ0v) is 12.0. The van der Waals surface area contributed by atoms with Gasteiger partial charge in [0, 0.05) is 16.5 Å². The van der Waals surface area contributed by atoms with Crippen LogP contribution in [0.2, 0.25) is 0 Å². The van der Waals surface area contributed by atoms with Gasteiger partial charge in [-0.3, -0.25) is 4.79 Å². The third-order valence-electron chi connectivity index (χ3n) is 4.93. The third-order valence-corrected chi connectivity index (χ3v) is 4.93. The summed E-state index contributed by atoms with van der Waals surface area (Å²) in [5, 5.41) is 6.37. The van der Waals surface area contributed by atoms with E-state index in [1.807, 2.05) is 7.05 Å². The molecule has 22 heavy (non-hydrogen) atoms. The maximum absolute atomic E-state index is 13.6. The quantitative estimate of drug-likeness (QED) is 0.913. The minimum absolute atomic E-state index is 0.0798. The van der Waals surface area contributed by atoms with E-state index in [0.717, 1.165) is 25.3 Å². The highest BCUT2D eigenvalue weighted by Crippen LogP contribution is 2.60. The van der Waals surface area contributed by atoms with Crippen molar-refractivity contribution in [2.24, 2.45) is 0 Å².